The van der Waals surface area contributed by atoms with E-state index in [2.05, 4.69) is 10.3 Å². The van der Waals surface area contributed by atoms with Gasteiger partial charge in [-0.25, -0.2) is 4.98 Å². The van der Waals surface area contributed by atoms with Gasteiger partial charge in [-0.05, 0) is 50.1 Å². The fraction of sp³-hybridized carbons (Fsp3) is 0.304. The van der Waals surface area contributed by atoms with Gasteiger partial charge in [0.1, 0.15) is 21.5 Å². The van der Waals surface area contributed by atoms with Crippen molar-refractivity contribution in [3.05, 3.63) is 68.9 Å². The highest BCUT2D eigenvalue weighted by Gasteiger charge is 2.32. The molecule has 10 heteroatoms. The SMILES string of the molecule is CCOCCCN1C(=O)C(=Cc2c(NCc3ccco3)nc3ccc(C)cn3c2=O)SC1=S. The van der Waals surface area contributed by atoms with E-state index in [4.69, 9.17) is 21.4 Å². The van der Waals surface area contributed by atoms with E-state index < -0.39 is 0 Å². The minimum atomic E-state index is -0.271. The summed E-state index contributed by atoms with van der Waals surface area (Å²) in [4.78, 5) is 33.0. The average Bonchev–Trinajstić information content (AvgIpc) is 3.41. The molecule has 1 aliphatic rings. The summed E-state index contributed by atoms with van der Waals surface area (Å²) in [6.45, 7) is 5.84. The first-order valence-electron chi connectivity index (χ1n) is 10.6. The van der Waals surface area contributed by atoms with E-state index in [1.165, 1.54) is 16.2 Å². The van der Waals surface area contributed by atoms with Crippen molar-refractivity contribution in [3.63, 3.8) is 0 Å². The van der Waals surface area contributed by atoms with Crippen LogP contribution in [0.3, 0.4) is 0 Å². The van der Waals surface area contributed by atoms with Crippen LogP contribution in [0.1, 0.15) is 30.2 Å². The molecule has 1 fully saturated rings. The number of thioether (sulfide) groups is 1. The first-order chi connectivity index (χ1) is 16.0. The van der Waals surface area contributed by atoms with Crippen LogP contribution in [0.25, 0.3) is 11.7 Å². The number of carbonyl (C=O) groups is 1. The van der Waals surface area contributed by atoms with E-state index >= 15 is 0 Å². The number of aromatic nitrogens is 2. The van der Waals surface area contributed by atoms with Gasteiger partial charge in [0.2, 0.25) is 0 Å². The minimum absolute atomic E-state index is 0.216. The van der Waals surface area contributed by atoms with Crippen molar-refractivity contribution in [2.75, 3.05) is 25.1 Å². The number of aryl methyl sites for hydroxylation is 1. The van der Waals surface area contributed by atoms with Crippen LogP contribution in [0.5, 0.6) is 0 Å². The lowest BCUT2D eigenvalue weighted by molar-refractivity contribution is -0.122. The monoisotopic (exact) mass is 484 g/mol. The number of thiocarbonyl (C=S) groups is 1. The van der Waals surface area contributed by atoms with Crippen molar-refractivity contribution in [1.82, 2.24) is 14.3 Å². The zero-order valence-corrected chi connectivity index (χ0v) is 20.0. The van der Waals surface area contributed by atoms with Crippen LogP contribution >= 0.6 is 24.0 Å². The summed E-state index contributed by atoms with van der Waals surface area (Å²) in [6.07, 6.45) is 5.58. The number of pyridine rings is 1. The Labute approximate surface area is 200 Å². The zero-order chi connectivity index (χ0) is 23.4. The maximum Gasteiger partial charge on any atom is 0.267 e. The maximum atomic E-state index is 13.4. The molecule has 0 aromatic carbocycles. The van der Waals surface area contributed by atoms with Gasteiger partial charge in [-0.1, -0.05) is 30.0 Å². The van der Waals surface area contributed by atoms with E-state index in [1.807, 2.05) is 26.0 Å². The topological polar surface area (TPSA) is 89.1 Å². The van der Waals surface area contributed by atoms with E-state index in [0.29, 0.717) is 64.7 Å². The molecule has 0 bridgehead atoms. The Balaban J connectivity index is 1.69. The molecular weight excluding hydrogens is 460 g/mol. The average molecular weight is 485 g/mol. The molecule has 3 aromatic rings. The summed E-state index contributed by atoms with van der Waals surface area (Å²) >= 11 is 6.60. The molecule has 1 amide bonds. The number of nitrogens with one attached hydrogen (secondary N) is 1. The summed E-state index contributed by atoms with van der Waals surface area (Å²) in [5.41, 5.74) is 1.45. The van der Waals surface area contributed by atoms with E-state index in [-0.39, 0.29) is 11.5 Å². The standard InChI is InChI=1S/C23H24N4O4S2/c1-3-30-10-5-9-26-22(29)18(33-23(26)32)12-17-20(24-13-16-6-4-11-31-16)25-19-8-7-15(2)14-27(19)21(17)28/h4,6-8,11-12,14,24H,3,5,9-10,13H2,1-2H3. The summed E-state index contributed by atoms with van der Waals surface area (Å²) in [7, 11) is 0. The van der Waals surface area contributed by atoms with Crippen LogP contribution in [0.2, 0.25) is 0 Å². The fourth-order valence-electron chi connectivity index (χ4n) is 3.40. The van der Waals surface area contributed by atoms with Gasteiger partial charge in [-0.15, -0.1) is 0 Å². The van der Waals surface area contributed by atoms with Gasteiger partial charge in [-0.3, -0.25) is 18.9 Å². The van der Waals surface area contributed by atoms with Crippen LogP contribution in [0.15, 0.2) is 50.8 Å². The second kappa shape index (κ2) is 10.3. The van der Waals surface area contributed by atoms with Gasteiger partial charge in [-0.2, -0.15) is 0 Å². The summed E-state index contributed by atoms with van der Waals surface area (Å²) in [5.74, 6) is 0.863. The van der Waals surface area contributed by atoms with Gasteiger partial charge >= 0.3 is 0 Å². The van der Waals surface area contributed by atoms with E-state index in [9.17, 15) is 9.59 Å². The minimum Gasteiger partial charge on any atom is -0.467 e. The van der Waals surface area contributed by atoms with Crippen molar-refractivity contribution in [1.29, 1.82) is 0 Å². The molecule has 3 aromatic heterocycles. The molecular formula is C23H24N4O4S2. The Kier molecular flexibility index (Phi) is 7.26. The fourth-order valence-corrected chi connectivity index (χ4v) is 4.69. The Hall–Kier alpha value is -2.95. The van der Waals surface area contributed by atoms with Crippen LogP contribution in [-0.4, -0.2) is 44.3 Å². The maximum absolute atomic E-state index is 13.4. The molecule has 0 radical (unpaired) electrons. The molecule has 0 saturated carbocycles. The molecule has 0 aliphatic carbocycles. The Morgan fingerprint density at radius 2 is 2.15 bits per heavy atom. The van der Waals surface area contributed by atoms with E-state index in [0.717, 1.165) is 5.56 Å². The zero-order valence-electron chi connectivity index (χ0n) is 18.4. The smallest absolute Gasteiger partial charge is 0.267 e. The summed E-state index contributed by atoms with van der Waals surface area (Å²) in [6, 6.07) is 7.30. The molecule has 0 spiro atoms. The quantitative estimate of drug-likeness (QED) is 0.278. The number of hydrogen-bond donors (Lipinski definition) is 1. The van der Waals surface area contributed by atoms with Crippen LogP contribution in [0.4, 0.5) is 5.82 Å². The third-order valence-electron chi connectivity index (χ3n) is 5.04. The molecule has 172 valence electrons. The highest BCUT2D eigenvalue weighted by atomic mass is 32.2. The molecule has 1 saturated heterocycles. The molecule has 0 unspecified atom stereocenters. The molecule has 33 heavy (non-hydrogen) atoms. The molecule has 4 heterocycles. The van der Waals surface area contributed by atoms with Crippen molar-refractivity contribution in [2.45, 2.75) is 26.8 Å². The summed E-state index contributed by atoms with van der Waals surface area (Å²) < 4.78 is 12.7. The Morgan fingerprint density at radius 1 is 1.30 bits per heavy atom. The Bertz CT molecular complexity index is 1270. The third-order valence-corrected chi connectivity index (χ3v) is 6.42. The lowest BCUT2D eigenvalue weighted by Gasteiger charge is -2.14. The number of carbonyl (C=O) groups excluding carboxylic acids is 1. The number of hydrogen-bond acceptors (Lipinski definition) is 8. The van der Waals surface area contributed by atoms with Crippen molar-refractivity contribution in [2.24, 2.45) is 0 Å². The van der Waals surface area contributed by atoms with Gasteiger partial charge < -0.3 is 14.5 Å². The second-order valence-corrected chi connectivity index (χ2v) is 9.11. The number of fused-ring (bicyclic) bond motifs is 1. The van der Waals surface area contributed by atoms with Gasteiger partial charge in [0.25, 0.3) is 11.5 Å². The van der Waals surface area contributed by atoms with Gasteiger partial charge in [0.15, 0.2) is 0 Å². The molecule has 0 atom stereocenters. The van der Waals surface area contributed by atoms with Crippen molar-refractivity contribution >= 4 is 51.7 Å². The summed E-state index contributed by atoms with van der Waals surface area (Å²) in [5, 5.41) is 3.18. The van der Waals surface area contributed by atoms with Gasteiger partial charge in [0.05, 0.1) is 23.3 Å². The van der Waals surface area contributed by atoms with Crippen molar-refractivity contribution < 1.29 is 13.9 Å². The normalized spacial score (nSPS) is 15.2. The first-order valence-corrected chi connectivity index (χ1v) is 11.8. The highest BCUT2D eigenvalue weighted by Crippen LogP contribution is 2.33. The third kappa shape index (κ3) is 5.18. The molecule has 8 nitrogen and oxygen atoms in total. The predicted molar refractivity (Wildman–Crippen MR) is 133 cm³/mol. The number of furan rings is 1. The van der Waals surface area contributed by atoms with Gasteiger partial charge in [0, 0.05) is 26.0 Å². The Morgan fingerprint density at radius 3 is 2.91 bits per heavy atom. The first kappa shape index (κ1) is 23.2. The predicted octanol–water partition coefficient (Wildman–Crippen LogP) is 3.84. The van der Waals surface area contributed by atoms with Crippen LogP contribution in [0, 0.1) is 6.92 Å². The number of anilines is 1. The lowest BCUT2D eigenvalue weighted by atomic mass is 10.2. The van der Waals surface area contributed by atoms with E-state index in [1.54, 1.807) is 35.6 Å². The highest BCUT2D eigenvalue weighted by molar-refractivity contribution is 8.26. The number of amides is 1. The number of ether oxygens (including phenoxy) is 1. The molecule has 4 rings (SSSR count). The largest absolute Gasteiger partial charge is 0.467 e. The molecule has 1 N–H and O–H groups in total. The number of nitrogens with zero attached hydrogens (tertiary/aromatic N) is 3. The second-order valence-electron chi connectivity index (χ2n) is 7.43. The number of rotatable bonds is 9. The lowest BCUT2D eigenvalue weighted by Crippen LogP contribution is -2.29. The van der Waals surface area contributed by atoms with Crippen molar-refractivity contribution in [3.8, 4) is 0 Å². The van der Waals surface area contributed by atoms with Crippen LogP contribution in [-0.2, 0) is 16.1 Å². The molecule has 1 aliphatic heterocycles. The van der Waals surface area contributed by atoms with Crippen LogP contribution < -0.4 is 10.9 Å².